The van der Waals surface area contributed by atoms with Crippen molar-refractivity contribution in [3.05, 3.63) is 34.8 Å². The molecule has 5 aliphatic carbocycles. The molecule has 1 saturated heterocycles. The van der Waals surface area contributed by atoms with Crippen LogP contribution in [0.15, 0.2) is 34.8 Å². The lowest BCUT2D eigenvalue weighted by Gasteiger charge is -2.59. The topological polar surface area (TPSA) is 27.7 Å². The molecule has 2 saturated carbocycles. The SMILES string of the molecule is CCC[C@@]12C=CC3(CC1)[C@@H]1CCC4=C(C5OCCOC5=C(OC)C4)[C@H]1CC[C@@]32C. The number of fused-ring (bicyclic) bond motifs is 4. The highest BCUT2D eigenvalue weighted by Gasteiger charge is 2.71. The maximum Gasteiger partial charge on any atom is 0.167 e. The molecule has 0 spiro atoms. The first kappa shape index (κ1) is 18.5. The number of hydrogen-bond acceptors (Lipinski definition) is 3. The minimum atomic E-state index is 0.0168. The molecule has 6 aliphatic rings. The van der Waals surface area contributed by atoms with Crippen LogP contribution in [0.2, 0.25) is 0 Å². The number of methoxy groups -OCH3 is 1. The fraction of sp³-hybridized carbons (Fsp3) is 0.769. The molecule has 29 heavy (non-hydrogen) atoms. The van der Waals surface area contributed by atoms with E-state index in [0.717, 1.165) is 23.9 Å². The van der Waals surface area contributed by atoms with Crippen molar-refractivity contribution < 1.29 is 14.2 Å². The Bertz CT molecular complexity index is 822. The molecule has 1 heterocycles. The fourth-order valence-corrected chi connectivity index (χ4v) is 8.94. The summed E-state index contributed by atoms with van der Waals surface area (Å²) in [5.74, 6) is 3.42. The molecule has 1 aliphatic heterocycles. The predicted octanol–water partition coefficient (Wildman–Crippen LogP) is 5.92. The summed E-state index contributed by atoms with van der Waals surface area (Å²) in [5.41, 5.74) is 4.53. The largest absolute Gasteiger partial charge is 0.497 e. The van der Waals surface area contributed by atoms with Gasteiger partial charge in [-0.2, -0.15) is 0 Å². The van der Waals surface area contributed by atoms with Crippen LogP contribution < -0.4 is 0 Å². The van der Waals surface area contributed by atoms with E-state index in [1.54, 1.807) is 18.3 Å². The number of allylic oxidation sites excluding steroid dienone is 3. The van der Waals surface area contributed by atoms with E-state index in [-0.39, 0.29) is 6.10 Å². The summed E-state index contributed by atoms with van der Waals surface area (Å²) in [6.07, 6.45) is 17.1. The first-order chi connectivity index (χ1) is 14.1. The molecule has 0 N–H and O–H groups in total. The van der Waals surface area contributed by atoms with Gasteiger partial charge in [0, 0.05) is 6.42 Å². The molecule has 0 aromatic carbocycles. The maximum absolute atomic E-state index is 6.37. The summed E-state index contributed by atoms with van der Waals surface area (Å²) in [6, 6.07) is 0. The van der Waals surface area contributed by atoms with Crippen LogP contribution in [0.3, 0.4) is 0 Å². The Morgan fingerprint density at radius 1 is 1.14 bits per heavy atom. The number of hydrogen-bond donors (Lipinski definition) is 0. The van der Waals surface area contributed by atoms with Crippen molar-refractivity contribution >= 4 is 0 Å². The Kier molecular flexibility index (Phi) is 3.93. The normalized spacial score (nSPS) is 47.3. The molecule has 3 fully saturated rings. The Morgan fingerprint density at radius 3 is 2.79 bits per heavy atom. The van der Waals surface area contributed by atoms with E-state index in [2.05, 4.69) is 26.0 Å². The molecule has 2 unspecified atom stereocenters. The highest BCUT2D eigenvalue weighted by molar-refractivity contribution is 5.43. The number of rotatable bonds is 3. The van der Waals surface area contributed by atoms with Gasteiger partial charge in [0.25, 0.3) is 0 Å². The lowest BCUT2D eigenvalue weighted by atomic mass is 9.45. The van der Waals surface area contributed by atoms with Crippen LogP contribution in [0.25, 0.3) is 0 Å². The second-order valence-electron chi connectivity index (χ2n) is 10.7. The van der Waals surface area contributed by atoms with E-state index in [1.165, 1.54) is 51.4 Å². The number of ether oxygens (including phenoxy) is 3. The van der Waals surface area contributed by atoms with Crippen LogP contribution in [-0.2, 0) is 14.2 Å². The van der Waals surface area contributed by atoms with Gasteiger partial charge in [-0.3, -0.25) is 0 Å². The molecule has 0 aromatic heterocycles. The molecule has 6 atom stereocenters. The minimum absolute atomic E-state index is 0.0168. The molecular weight excluding hydrogens is 360 g/mol. The van der Waals surface area contributed by atoms with Gasteiger partial charge in [-0.25, -0.2) is 0 Å². The third-order valence-corrected chi connectivity index (χ3v) is 10.2. The third-order valence-electron chi connectivity index (χ3n) is 10.2. The van der Waals surface area contributed by atoms with Gasteiger partial charge >= 0.3 is 0 Å². The summed E-state index contributed by atoms with van der Waals surface area (Å²) in [7, 11) is 1.79. The monoisotopic (exact) mass is 396 g/mol. The summed E-state index contributed by atoms with van der Waals surface area (Å²) in [4.78, 5) is 0. The zero-order valence-corrected chi connectivity index (χ0v) is 18.4. The van der Waals surface area contributed by atoms with Gasteiger partial charge < -0.3 is 14.2 Å². The van der Waals surface area contributed by atoms with Gasteiger partial charge in [0.05, 0.1) is 13.7 Å². The van der Waals surface area contributed by atoms with Crippen molar-refractivity contribution in [2.75, 3.05) is 20.3 Å². The quantitative estimate of drug-likeness (QED) is 0.554. The van der Waals surface area contributed by atoms with E-state index < -0.39 is 0 Å². The van der Waals surface area contributed by atoms with Crippen LogP contribution in [0.1, 0.15) is 71.6 Å². The van der Waals surface area contributed by atoms with Crippen LogP contribution in [0.4, 0.5) is 0 Å². The minimum Gasteiger partial charge on any atom is -0.497 e. The molecule has 0 radical (unpaired) electrons. The highest BCUT2D eigenvalue weighted by Crippen LogP contribution is 2.78. The van der Waals surface area contributed by atoms with E-state index in [4.69, 9.17) is 14.2 Å². The van der Waals surface area contributed by atoms with Gasteiger partial charge in [-0.1, -0.05) is 38.0 Å². The summed E-state index contributed by atoms with van der Waals surface area (Å²) in [6.45, 7) is 6.38. The van der Waals surface area contributed by atoms with Crippen molar-refractivity contribution in [2.24, 2.45) is 28.1 Å². The van der Waals surface area contributed by atoms with Crippen LogP contribution >= 0.6 is 0 Å². The molecule has 158 valence electrons. The standard InChI is InChI=1S/C26H36O3/c1-4-8-25-10-12-26(13-11-25)19-6-5-17-16-20(27-3)22-23(29-15-14-28-22)21(17)18(19)7-9-24(25,26)2/h10,12,18-19,23H,4-9,11,13-16H2,1-3H3/t18-,19+,23?,24+,25+,26?/m0/s1. The molecule has 0 amide bonds. The van der Waals surface area contributed by atoms with E-state index in [9.17, 15) is 0 Å². The molecule has 3 heteroatoms. The van der Waals surface area contributed by atoms with Crippen LogP contribution in [0, 0.1) is 28.1 Å². The average Bonchev–Trinajstić information content (AvgIpc) is 3.16. The average molecular weight is 397 g/mol. The molecule has 3 nitrogen and oxygen atoms in total. The van der Waals surface area contributed by atoms with E-state index >= 15 is 0 Å². The van der Waals surface area contributed by atoms with Gasteiger partial charge in [0.1, 0.15) is 18.5 Å². The lowest BCUT2D eigenvalue weighted by Crippen LogP contribution is -2.53. The van der Waals surface area contributed by atoms with Crippen molar-refractivity contribution in [1.82, 2.24) is 0 Å². The highest BCUT2D eigenvalue weighted by atomic mass is 16.6. The zero-order chi connectivity index (χ0) is 19.9. The van der Waals surface area contributed by atoms with Crippen LogP contribution in [0.5, 0.6) is 0 Å². The van der Waals surface area contributed by atoms with Gasteiger partial charge in [0.2, 0.25) is 0 Å². The first-order valence-corrected chi connectivity index (χ1v) is 12.0. The van der Waals surface area contributed by atoms with Gasteiger partial charge in [-0.15, -0.1) is 0 Å². The van der Waals surface area contributed by atoms with Crippen molar-refractivity contribution in [3.8, 4) is 0 Å². The molecule has 2 bridgehead atoms. The van der Waals surface area contributed by atoms with E-state index in [1.807, 2.05) is 0 Å². The Morgan fingerprint density at radius 2 is 2.03 bits per heavy atom. The summed E-state index contributed by atoms with van der Waals surface area (Å²) >= 11 is 0. The van der Waals surface area contributed by atoms with Gasteiger partial charge in [-0.05, 0) is 78.6 Å². The van der Waals surface area contributed by atoms with Crippen LogP contribution in [-0.4, -0.2) is 26.4 Å². The second kappa shape index (κ2) is 6.15. The maximum atomic E-state index is 6.37. The second-order valence-corrected chi connectivity index (χ2v) is 10.7. The summed E-state index contributed by atoms with van der Waals surface area (Å²) in [5, 5.41) is 0. The van der Waals surface area contributed by atoms with E-state index in [0.29, 0.717) is 35.4 Å². The smallest absolute Gasteiger partial charge is 0.167 e. The van der Waals surface area contributed by atoms with Crippen molar-refractivity contribution in [2.45, 2.75) is 77.7 Å². The third kappa shape index (κ3) is 2.09. The molecule has 6 rings (SSSR count). The Balaban J connectivity index is 1.40. The fourth-order valence-electron chi connectivity index (χ4n) is 8.94. The van der Waals surface area contributed by atoms with Gasteiger partial charge in [0.15, 0.2) is 5.76 Å². The van der Waals surface area contributed by atoms with Crippen molar-refractivity contribution in [1.29, 1.82) is 0 Å². The molecule has 0 aromatic rings. The Labute approximate surface area is 175 Å². The molecular formula is C26H36O3. The predicted molar refractivity (Wildman–Crippen MR) is 113 cm³/mol. The zero-order valence-electron chi connectivity index (χ0n) is 18.4. The first-order valence-electron chi connectivity index (χ1n) is 12.0. The summed E-state index contributed by atoms with van der Waals surface area (Å²) < 4.78 is 18.2. The Hall–Kier alpha value is -1.22. The lowest BCUT2D eigenvalue weighted by molar-refractivity contribution is -0.0759. The van der Waals surface area contributed by atoms with Crippen molar-refractivity contribution in [3.63, 3.8) is 0 Å².